The van der Waals surface area contributed by atoms with E-state index in [2.05, 4.69) is 26.1 Å². The van der Waals surface area contributed by atoms with Crippen molar-refractivity contribution in [3.63, 3.8) is 0 Å². The molecule has 0 aromatic rings. The van der Waals surface area contributed by atoms with Crippen LogP contribution in [0.4, 0.5) is 0 Å². The van der Waals surface area contributed by atoms with Crippen molar-refractivity contribution in [3.05, 3.63) is 0 Å². The fourth-order valence-corrected chi connectivity index (χ4v) is 5.33. The highest BCUT2D eigenvalue weighted by Crippen LogP contribution is 2.53. The van der Waals surface area contributed by atoms with Gasteiger partial charge in [0.2, 0.25) is 0 Å². The summed E-state index contributed by atoms with van der Waals surface area (Å²) in [5, 5.41) is 4.02. The third kappa shape index (κ3) is 1.94. The Morgan fingerprint density at radius 2 is 1.67 bits per heavy atom. The van der Waals surface area contributed by atoms with Gasteiger partial charge in [0.1, 0.15) is 0 Å². The van der Waals surface area contributed by atoms with Gasteiger partial charge in [0.25, 0.3) is 0 Å². The van der Waals surface area contributed by atoms with Crippen molar-refractivity contribution in [3.8, 4) is 0 Å². The van der Waals surface area contributed by atoms with Crippen LogP contribution in [0.25, 0.3) is 0 Å². The van der Waals surface area contributed by atoms with E-state index in [4.69, 9.17) is 0 Å². The van der Waals surface area contributed by atoms with Gasteiger partial charge in [-0.25, -0.2) is 0 Å². The molecule has 6 unspecified atom stereocenters. The van der Waals surface area contributed by atoms with Gasteiger partial charge in [-0.05, 0) is 55.8 Å². The van der Waals surface area contributed by atoms with E-state index in [9.17, 15) is 0 Å². The molecule has 0 radical (unpaired) electrons. The normalized spacial score (nSPS) is 53.2. The maximum absolute atomic E-state index is 4.02. The lowest BCUT2D eigenvalue weighted by Gasteiger charge is -2.35. The second-order valence-electron chi connectivity index (χ2n) is 7.70. The molecule has 1 nitrogen and oxygen atoms in total. The van der Waals surface area contributed by atoms with E-state index < -0.39 is 0 Å². The first-order valence-corrected chi connectivity index (χ1v) is 8.39. The number of hydrogen-bond donors (Lipinski definition) is 1. The summed E-state index contributed by atoms with van der Waals surface area (Å²) in [4.78, 5) is 0. The van der Waals surface area contributed by atoms with Crippen molar-refractivity contribution in [2.45, 2.75) is 84.2 Å². The van der Waals surface area contributed by atoms with Gasteiger partial charge in [0, 0.05) is 12.1 Å². The summed E-state index contributed by atoms with van der Waals surface area (Å²) < 4.78 is 0. The minimum absolute atomic E-state index is 0.581. The third-order valence-electron chi connectivity index (χ3n) is 6.85. The summed E-state index contributed by atoms with van der Waals surface area (Å²) >= 11 is 0. The van der Waals surface area contributed by atoms with Crippen LogP contribution in [-0.2, 0) is 0 Å². The SMILES string of the molecule is CC1CCC2(C)C(C)NC3C1CCCCCCC32. The molecule has 18 heavy (non-hydrogen) atoms. The lowest BCUT2D eigenvalue weighted by molar-refractivity contribution is 0.173. The zero-order valence-corrected chi connectivity index (χ0v) is 12.5. The topological polar surface area (TPSA) is 12.0 Å². The van der Waals surface area contributed by atoms with Crippen molar-refractivity contribution in [2.24, 2.45) is 23.2 Å². The average Bonchev–Trinajstić information content (AvgIpc) is 2.59. The van der Waals surface area contributed by atoms with Gasteiger partial charge in [-0.1, -0.05) is 39.5 Å². The van der Waals surface area contributed by atoms with E-state index in [1.165, 1.54) is 51.4 Å². The van der Waals surface area contributed by atoms with Gasteiger partial charge in [0.05, 0.1) is 0 Å². The van der Waals surface area contributed by atoms with Crippen LogP contribution in [0, 0.1) is 23.2 Å². The highest BCUT2D eigenvalue weighted by Gasteiger charge is 2.53. The van der Waals surface area contributed by atoms with Crippen LogP contribution in [0.3, 0.4) is 0 Å². The molecule has 0 aromatic carbocycles. The number of nitrogens with one attached hydrogen (secondary N) is 1. The molecule has 1 heterocycles. The predicted octanol–water partition coefficient (Wildman–Crippen LogP) is 4.37. The second kappa shape index (κ2) is 4.81. The fraction of sp³-hybridized carbons (Fsp3) is 1.00. The van der Waals surface area contributed by atoms with Crippen LogP contribution >= 0.6 is 0 Å². The summed E-state index contributed by atoms with van der Waals surface area (Å²) in [5.41, 5.74) is 0.581. The monoisotopic (exact) mass is 249 g/mol. The van der Waals surface area contributed by atoms with Crippen LogP contribution in [0.5, 0.6) is 0 Å². The quantitative estimate of drug-likeness (QED) is 0.672. The Labute approximate surface area is 113 Å². The van der Waals surface area contributed by atoms with Crippen molar-refractivity contribution in [1.29, 1.82) is 0 Å². The summed E-state index contributed by atoms with van der Waals surface area (Å²) in [6.07, 6.45) is 11.8. The number of rotatable bonds is 0. The van der Waals surface area contributed by atoms with Crippen molar-refractivity contribution in [2.75, 3.05) is 0 Å². The van der Waals surface area contributed by atoms with Crippen molar-refractivity contribution in [1.82, 2.24) is 5.32 Å². The minimum atomic E-state index is 0.581. The Morgan fingerprint density at radius 3 is 2.44 bits per heavy atom. The maximum Gasteiger partial charge on any atom is 0.0135 e. The molecule has 2 saturated carbocycles. The van der Waals surface area contributed by atoms with Gasteiger partial charge in [-0.3, -0.25) is 0 Å². The Kier molecular flexibility index (Phi) is 3.47. The van der Waals surface area contributed by atoms with E-state index in [1.807, 2.05) is 0 Å². The van der Waals surface area contributed by atoms with E-state index in [0.29, 0.717) is 5.41 Å². The highest BCUT2D eigenvalue weighted by atomic mass is 15.0. The van der Waals surface area contributed by atoms with Gasteiger partial charge in [-0.15, -0.1) is 0 Å². The smallest absolute Gasteiger partial charge is 0.0135 e. The molecule has 1 N–H and O–H groups in total. The Morgan fingerprint density at radius 1 is 0.944 bits per heavy atom. The largest absolute Gasteiger partial charge is 0.310 e. The fourth-order valence-electron chi connectivity index (χ4n) is 5.33. The Balaban J connectivity index is 1.93. The number of hydrogen-bond acceptors (Lipinski definition) is 1. The molecule has 104 valence electrons. The predicted molar refractivity (Wildman–Crippen MR) is 77.6 cm³/mol. The summed E-state index contributed by atoms with van der Waals surface area (Å²) in [6.45, 7) is 7.56. The molecule has 2 aliphatic carbocycles. The molecule has 3 fully saturated rings. The van der Waals surface area contributed by atoms with Gasteiger partial charge >= 0.3 is 0 Å². The highest BCUT2D eigenvalue weighted by molar-refractivity contribution is 5.08. The van der Waals surface area contributed by atoms with Gasteiger partial charge in [0.15, 0.2) is 0 Å². The molecule has 0 aromatic heterocycles. The summed E-state index contributed by atoms with van der Waals surface area (Å²) in [6, 6.07) is 1.57. The van der Waals surface area contributed by atoms with Crippen molar-refractivity contribution >= 4 is 0 Å². The zero-order chi connectivity index (χ0) is 12.8. The van der Waals surface area contributed by atoms with Crippen LogP contribution in [0.1, 0.15) is 72.1 Å². The molecule has 3 aliphatic rings. The van der Waals surface area contributed by atoms with E-state index in [-0.39, 0.29) is 0 Å². The second-order valence-corrected chi connectivity index (χ2v) is 7.70. The maximum atomic E-state index is 4.02. The van der Waals surface area contributed by atoms with Crippen LogP contribution in [0.2, 0.25) is 0 Å². The summed E-state index contributed by atoms with van der Waals surface area (Å²) in [5.74, 6) is 2.86. The standard InChI is InChI=1S/C17H31N/c1-12-10-11-17(3)13(2)18-16-14(12)8-6-4-5-7-9-15(16)17/h12-16,18H,4-11H2,1-3H3. The first kappa shape index (κ1) is 13.0. The third-order valence-corrected chi connectivity index (χ3v) is 6.85. The molecule has 1 aliphatic heterocycles. The molecule has 3 rings (SSSR count). The molecule has 4 bridgehead atoms. The Hall–Kier alpha value is -0.0400. The first-order valence-electron chi connectivity index (χ1n) is 8.39. The molecule has 6 atom stereocenters. The minimum Gasteiger partial charge on any atom is -0.310 e. The molecule has 1 saturated heterocycles. The Bertz CT molecular complexity index is 300. The van der Waals surface area contributed by atoms with E-state index in [1.54, 1.807) is 0 Å². The molecule has 0 spiro atoms. The van der Waals surface area contributed by atoms with Gasteiger partial charge in [-0.2, -0.15) is 0 Å². The van der Waals surface area contributed by atoms with Crippen molar-refractivity contribution < 1.29 is 0 Å². The molecular weight excluding hydrogens is 218 g/mol. The van der Waals surface area contributed by atoms with Crippen LogP contribution < -0.4 is 5.32 Å². The first-order chi connectivity index (χ1) is 8.63. The van der Waals surface area contributed by atoms with Crippen LogP contribution in [0.15, 0.2) is 0 Å². The lowest BCUT2D eigenvalue weighted by atomic mass is 9.69. The van der Waals surface area contributed by atoms with E-state index >= 15 is 0 Å². The molecular formula is C17H31N. The average molecular weight is 249 g/mol. The zero-order valence-electron chi connectivity index (χ0n) is 12.5. The molecule has 0 amide bonds. The molecule has 1 heteroatoms. The summed E-state index contributed by atoms with van der Waals surface area (Å²) in [7, 11) is 0. The van der Waals surface area contributed by atoms with Gasteiger partial charge < -0.3 is 5.32 Å². The van der Waals surface area contributed by atoms with Crippen LogP contribution in [-0.4, -0.2) is 12.1 Å². The van der Waals surface area contributed by atoms with E-state index in [0.717, 1.165) is 29.8 Å². The lowest BCUT2D eigenvalue weighted by Crippen LogP contribution is -2.40.